The summed E-state index contributed by atoms with van der Waals surface area (Å²) in [7, 11) is 2.19. The molecular formula is C13H18N2O. The van der Waals surface area contributed by atoms with Gasteiger partial charge in [0.25, 0.3) is 0 Å². The van der Waals surface area contributed by atoms with E-state index >= 15 is 0 Å². The maximum absolute atomic E-state index is 5.53. The van der Waals surface area contributed by atoms with Crippen molar-refractivity contribution in [2.45, 2.75) is 18.9 Å². The van der Waals surface area contributed by atoms with Gasteiger partial charge in [-0.05, 0) is 36.7 Å². The van der Waals surface area contributed by atoms with Gasteiger partial charge in [-0.25, -0.2) is 0 Å². The van der Waals surface area contributed by atoms with Crippen LogP contribution in [0.4, 0.5) is 5.69 Å². The zero-order chi connectivity index (χ0) is 11.0. The zero-order valence-corrected chi connectivity index (χ0v) is 9.70. The van der Waals surface area contributed by atoms with Gasteiger partial charge in [0, 0.05) is 31.7 Å². The maximum atomic E-state index is 5.53. The van der Waals surface area contributed by atoms with Gasteiger partial charge in [0.05, 0.1) is 6.61 Å². The van der Waals surface area contributed by atoms with Crippen molar-refractivity contribution in [2.75, 3.05) is 31.6 Å². The van der Waals surface area contributed by atoms with Gasteiger partial charge in [0.1, 0.15) is 5.75 Å². The third kappa shape index (κ3) is 1.65. The number of nitrogens with one attached hydrogen (secondary N) is 1. The predicted octanol–water partition coefficient (Wildman–Crippen LogP) is 1.42. The number of likely N-dealkylation sites (N-methyl/N-ethyl adjacent to an activating group) is 1. The van der Waals surface area contributed by atoms with Crippen LogP contribution in [0.5, 0.6) is 5.75 Å². The third-order valence-electron chi connectivity index (χ3n) is 3.66. The number of hydrogen-bond donors (Lipinski definition) is 1. The van der Waals surface area contributed by atoms with Crippen molar-refractivity contribution in [2.24, 2.45) is 0 Å². The van der Waals surface area contributed by atoms with E-state index in [1.807, 2.05) is 0 Å². The fraction of sp³-hybridized carbons (Fsp3) is 0.538. The summed E-state index contributed by atoms with van der Waals surface area (Å²) in [6, 6.07) is 7.19. The van der Waals surface area contributed by atoms with Crippen LogP contribution in [0, 0.1) is 0 Å². The van der Waals surface area contributed by atoms with Crippen molar-refractivity contribution in [3.8, 4) is 5.75 Å². The fourth-order valence-corrected chi connectivity index (χ4v) is 2.57. The Labute approximate surface area is 96.4 Å². The highest BCUT2D eigenvalue weighted by molar-refractivity contribution is 5.54. The van der Waals surface area contributed by atoms with Crippen LogP contribution in [0.1, 0.15) is 12.0 Å². The number of ether oxygens (including phenoxy) is 1. The van der Waals surface area contributed by atoms with Crippen molar-refractivity contribution in [1.82, 2.24) is 5.32 Å². The average molecular weight is 218 g/mol. The van der Waals surface area contributed by atoms with E-state index in [0.717, 1.165) is 31.9 Å². The molecule has 2 aliphatic rings. The number of benzene rings is 1. The molecule has 0 amide bonds. The Morgan fingerprint density at radius 2 is 2.38 bits per heavy atom. The smallest absolute Gasteiger partial charge is 0.122 e. The molecule has 16 heavy (non-hydrogen) atoms. The van der Waals surface area contributed by atoms with Crippen LogP contribution in [-0.2, 0) is 6.42 Å². The molecule has 2 heterocycles. The molecular weight excluding hydrogens is 200 g/mol. The summed E-state index contributed by atoms with van der Waals surface area (Å²) < 4.78 is 5.53. The van der Waals surface area contributed by atoms with Gasteiger partial charge >= 0.3 is 0 Å². The van der Waals surface area contributed by atoms with Gasteiger partial charge in [0.15, 0.2) is 0 Å². The first-order valence-electron chi connectivity index (χ1n) is 6.04. The largest absolute Gasteiger partial charge is 0.493 e. The highest BCUT2D eigenvalue weighted by atomic mass is 16.5. The molecule has 1 aromatic carbocycles. The van der Waals surface area contributed by atoms with Crippen molar-refractivity contribution in [3.05, 3.63) is 23.8 Å². The minimum Gasteiger partial charge on any atom is -0.493 e. The maximum Gasteiger partial charge on any atom is 0.122 e. The van der Waals surface area contributed by atoms with Crippen LogP contribution in [0.15, 0.2) is 18.2 Å². The van der Waals surface area contributed by atoms with Gasteiger partial charge < -0.3 is 15.0 Å². The Balaban J connectivity index is 1.83. The molecule has 0 saturated carbocycles. The van der Waals surface area contributed by atoms with E-state index in [1.165, 1.54) is 17.7 Å². The number of rotatable bonds is 2. The van der Waals surface area contributed by atoms with Crippen LogP contribution < -0.4 is 15.0 Å². The molecule has 2 aliphatic heterocycles. The second kappa shape index (κ2) is 3.98. The second-order valence-electron chi connectivity index (χ2n) is 4.65. The van der Waals surface area contributed by atoms with Gasteiger partial charge in [0.2, 0.25) is 0 Å². The molecule has 1 fully saturated rings. The summed E-state index contributed by atoms with van der Waals surface area (Å²) in [5.74, 6) is 1.07. The molecule has 0 spiro atoms. The number of nitrogens with zero attached hydrogens (tertiary/aromatic N) is 1. The third-order valence-corrected chi connectivity index (χ3v) is 3.66. The number of fused-ring (bicyclic) bond motifs is 1. The average Bonchev–Trinajstić information content (AvgIpc) is 2.98. The number of anilines is 1. The Morgan fingerprint density at radius 3 is 3.19 bits per heavy atom. The molecule has 1 N–H and O–H groups in total. The Hall–Kier alpha value is -1.22. The SMILES string of the molecule is CN(c1ccc2c(c1)CCO2)C1CCNC1. The Kier molecular flexibility index (Phi) is 2.48. The monoisotopic (exact) mass is 218 g/mol. The lowest BCUT2D eigenvalue weighted by molar-refractivity contribution is 0.357. The van der Waals surface area contributed by atoms with Crippen molar-refractivity contribution in [3.63, 3.8) is 0 Å². The second-order valence-corrected chi connectivity index (χ2v) is 4.65. The standard InChI is InChI=1S/C13H18N2O/c1-15(12-4-6-14-9-12)11-2-3-13-10(8-11)5-7-16-13/h2-3,8,12,14H,4-7,9H2,1H3. The van der Waals surface area contributed by atoms with Crippen LogP contribution in [-0.4, -0.2) is 32.8 Å². The molecule has 0 bridgehead atoms. The minimum absolute atomic E-state index is 0.639. The van der Waals surface area contributed by atoms with Crippen molar-refractivity contribution < 1.29 is 4.74 Å². The summed E-state index contributed by atoms with van der Waals surface area (Å²) in [5.41, 5.74) is 2.67. The molecule has 1 unspecified atom stereocenters. The van der Waals surface area contributed by atoms with E-state index in [0.29, 0.717) is 6.04 Å². The molecule has 3 rings (SSSR count). The highest BCUT2D eigenvalue weighted by Crippen LogP contribution is 2.30. The van der Waals surface area contributed by atoms with Gasteiger partial charge in [-0.1, -0.05) is 0 Å². The molecule has 3 heteroatoms. The van der Waals surface area contributed by atoms with Crippen molar-refractivity contribution in [1.29, 1.82) is 0 Å². The van der Waals surface area contributed by atoms with Gasteiger partial charge in [-0.2, -0.15) is 0 Å². The van der Waals surface area contributed by atoms with E-state index in [4.69, 9.17) is 4.74 Å². The summed E-state index contributed by atoms with van der Waals surface area (Å²) in [4.78, 5) is 2.39. The normalized spacial score (nSPS) is 22.9. The number of hydrogen-bond acceptors (Lipinski definition) is 3. The van der Waals surface area contributed by atoms with Crippen LogP contribution in [0.25, 0.3) is 0 Å². The first-order chi connectivity index (χ1) is 7.84. The fourth-order valence-electron chi connectivity index (χ4n) is 2.57. The lowest BCUT2D eigenvalue weighted by Crippen LogP contribution is -2.33. The van der Waals surface area contributed by atoms with E-state index in [9.17, 15) is 0 Å². The molecule has 1 saturated heterocycles. The highest BCUT2D eigenvalue weighted by Gasteiger charge is 2.21. The quantitative estimate of drug-likeness (QED) is 0.812. The van der Waals surface area contributed by atoms with E-state index in [2.05, 4.69) is 35.5 Å². The lowest BCUT2D eigenvalue weighted by Gasteiger charge is -2.26. The first kappa shape index (κ1) is 9.97. The predicted molar refractivity (Wildman–Crippen MR) is 65.3 cm³/mol. The Bertz CT molecular complexity index is 386. The molecule has 0 aliphatic carbocycles. The zero-order valence-electron chi connectivity index (χ0n) is 9.70. The molecule has 3 nitrogen and oxygen atoms in total. The first-order valence-corrected chi connectivity index (χ1v) is 6.04. The molecule has 86 valence electrons. The van der Waals surface area contributed by atoms with E-state index in [1.54, 1.807) is 0 Å². The lowest BCUT2D eigenvalue weighted by atomic mass is 10.1. The Morgan fingerprint density at radius 1 is 1.44 bits per heavy atom. The van der Waals surface area contributed by atoms with E-state index in [-0.39, 0.29) is 0 Å². The molecule has 0 radical (unpaired) electrons. The van der Waals surface area contributed by atoms with E-state index < -0.39 is 0 Å². The topological polar surface area (TPSA) is 24.5 Å². The molecule has 1 aromatic rings. The summed E-state index contributed by atoms with van der Waals surface area (Å²) in [6.07, 6.45) is 2.30. The van der Waals surface area contributed by atoms with Crippen LogP contribution in [0.3, 0.4) is 0 Å². The summed E-state index contributed by atoms with van der Waals surface area (Å²) >= 11 is 0. The van der Waals surface area contributed by atoms with Gasteiger partial charge in [-0.15, -0.1) is 0 Å². The van der Waals surface area contributed by atoms with Crippen molar-refractivity contribution >= 4 is 5.69 Å². The van der Waals surface area contributed by atoms with Crippen LogP contribution >= 0.6 is 0 Å². The van der Waals surface area contributed by atoms with Crippen LogP contribution in [0.2, 0.25) is 0 Å². The summed E-state index contributed by atoms with van der Waals surface area (Å²) in [5, 5.41) is 3.41. The molecule has 1 atom stereocenters. The minimum atomic E-state index is 0.639. The molecule has 0 aromatic heterocycles. The van der Waals surface area contributed by atoms with Gasteiger partial charge in [-0.3, -0.25) is 0 Å². The summed E-state index contributed by atoms with van der Waals surface area (Å²) in [6.45, 7) is 3.08.